The highest BCUT2D eigenvalue weighted by Gasteiger charge is 2.07. The van der Waals surface area contributed by atoms with Crippen molar-refractivity contribution in [2.75, 3.05) is 6.61 Å². The Kier molecular flexibility index (Phi) is 5.81. The van der Waals surface area contributed by atoms with Crippen LogP contribution in [0.4, 0.5) is 0 Å². The molecule has 0 fully saturated rings. The summed E-state index contributed by atoms with van der Waals surface area (Å²) in [5.41, 5.74) is 3.35. The fourth-order valence-electron chi connectivity index (χ4n) is 2.12. The van der Waals surface area contributed by atoms with E-state index >= 15 is 0 Å². The van der Waals surface area contributed by atoms with Gasteiger partial charge in [-0.1, -0.05) is 30.6 Å². The molecule has 0 saturated heterocycles. The molecular formula is C17H24N2O2. The number of ether oxygens (including phenoxy) is 1. The summed E-state index contributed by atoms with van der Waals surface area (Å²) in [6.45, 7) is 8.46. The third-order valence-electron chi connectivity index (χ3n) is 3.50. The van der Waals surface area contributed by atoms with E-state index in [9.17, 15) is 0 Å². The monoisotopic (exact) mass is 288 g/mol. The Hall–Kier alpha value is -1.81. The molecule has 2 aromatic rings. The molecule has 0 aliphatic rings. The minimum absolute atomic E-state index is 0.774. The van der Waals surface area contributed by atoms with E-state index in [0.29, 0.717) is 0 Å². The molecule has 114 valence electrons. The van der Waals surface area contributed by atoms with Crippen molar-refractivity contribution >= 4 is 0 Å². The summed E-state index contributed by atoms with van der Waals surface area (Å²) in [5, 5.41) is 7.37. The maximum Gasteiger partial charge on any atom is 0.138 e. The summed E-state index contributed by atoms with van der Waals surface area (Å²) in [5.74, 6) is 1.83. The molecule has 0 spiro atoms. The second kappa shape index (κ2) is 7.84. The summed E-state index contributed by atoms with van der Waals surface area (Å²) in [6.07, 6.45) is 2.25. The van der Waals surface area contributed by atoms with E-state index in [0.717, 1.165) is 55.3 Å². The van der Waals surface area contributed by atoms with Gasteiger partial charge in [-0.2, -0.15) is 0 Å². The van der Waals surface area contributed by atoms with Gasteiger partial charge in [0.2, 0.25) is 0 Å². The van der Waals surface area contributed by atoms with Crippen LogP contribution in [0.25, 0.3) is 0 Å². The summed E-state index contributed by atoms with van der Waals surface area (Å²) in [6, 6.07) is 8.26. The van der Waals surface area contributed by atoms with Crippen molar-refractivity contribution in [1.82, 2.24) is 10.5 Å². The zero-order valence-corrected chi connectivity index (χ0v) is 13.1. The van der Waals surface area contributed by atoms with Crippen molar-refractivity contribution in [3.63, 3.8) is 0 Å². The van der Waals surface area contributed by atoms with Crippen LogP contribution in [0, 0.1) is 13.8 Å². The average Bonchev–Trinajstić information content (AvgIpc) is 2.81. The maximum atomic E-state index is 5.66. The number of unbranched alkanes of at least 4 members (excludes halogenated alkanes) is 1. The molecule has 1 N–H and O–H groups in total. The van der Waals surface area contributed by atoms with E-state index in [1.54, 1.807) is 0 Å². The first-order chi connectivity index (χ1) is 10.2. The molecular weight excluding hydrogens is 264 g/mol. The van der Waals surface area contributed by atoms with Crippen molar-refractivity contribution in [2.45, 2.75) is 46.7 Å². The number of benzene rings is 1. The van der Waals surface area contributed by atoms with Crippen LogP contribution < -0.4 is 10.1 Å². The molecule has 0 atom stereocenters. The van der Waals surface area contributed by atoms with Crippen LogP contribution in [-0.4, -0.2) is 11.8 Å². The van der Waals surface area contributed by atoms with Crippen molar-refractivity contribution in [1.29, 1.82) is 0 Å². The number of hydrogen-bond donors (Lipinski definition) is 1. The fraction of sp³-hybridized carbons (Fsp3) is 0.471. The SMILES string of the molecule is CCCCOc1ccc(CNCc2c(C)noc2C)cc1. The number of rotatable bonds is 8. The van der Waals surface area contributed by atoms with Crippen LogP contribution in [-0.2, 0) is 13.1 Å². The Labute approximate surface area is 126 Å². The molecule has 0 bridgehead atoms. The van der Waals surface area contributed by atoms with Gasteiger partial charge in [-0.15, -0.1) is 0 Å². The molecule has 2 rings (SSSR count). The van der Waals surface area contributed by atoms with Gasteiger partial charge in [0.25, 0.3) is 0 Å². The van der Waals surface area contributed by atoms with Crippen LogP contribution in [0.3, 0.4) is 0 Å². The standard InChI is InChI=1S/C17H24N2O2/c1-4-5-10-20-16-8-6-15(7-9-16)11-18-12-17-13(2)19-21-14(17)3/h6-9,18H,4-5,10-12H2,1-3H3. The van der Waals surface area contributed by atoms with Gasteiger partial charge in [0.1, 0.15) is 11.5 Å². The van der Waals surface area contributed by atoms with Crippen molar-refractivity contribution in [3.8, 4) is 5.75 Å². The van der Waals surface area contributed by atoms with Gasteiger partial charge >= 0.3 is 0 Å². The van der Waals surface area contributed by atoms with Crippen LogP contribution >= 0.6 is 0 Å². The highest BCUT2D eigenvalue weighted by Crippen LogP contribution is 2.14. The molecule has 4 nitrogen and oxygen atoms in total. The topological polar surface area (TPSA) is 47.3 Å². The molecule has 0 aliphatic carbocycles. The van der Waals surface area contributed by atoms with E-state index in [1.165, 1.54) is 5.56 Å². The number of hydrogen-bond acceptors (Lipinski definition) is 4. The second-order valence-electron chi connectivity index (χ2n) is 5.25. The van der Waals surface area contributed by atoms with E-state index in [2.05, 4.69) is 29.5 Å². The summed E-state index contributed by atoms with van der Waals surface area (Å²) >= 11 is 0. The molecule has 0 aliphatic heterocycles. The molecule has 1 heterocycles. The van der Waals surface area contributed by atoms with E-state index in [4.69, 9.17) is 9.26 Å². The molecule has 0 amide bonds. The average molecular weight is 288 g/mol. The summed E-state index contributed by atoms with van der Waals surface area (Å²) in [7, 11) is 0. The second-order valence-corrected chi connectivity index (χ2v) is 5.25. The largest absolute Gasteiger partial charge is 0.494 e. The minimum Gasteiger partial charge on any atom is -0.494 e. The Balaban J connectivity index is 1.78. The predicted molar refractivity (Wildman–Crippen MR) is 83.4 cm³/mol. The van der Waals surface area contributed by atoms with E-state index < -0.39 is 0 Å². The third-order valence-corrected chi connectivity index (χ3v) is 3.50. The lowest BCUT2D eigenvalue weighted by Gasteiger charge is -2.07. The van der Waals surface area contributed by atoms with Crippen LogP contribution in [0.1, 0.15) is 42.3 Å². The van der Waals surface area contributed by atoms with Gasteiger partial charge in [-0.25, -0.2) is 0 Å². The quantitative estimate of drug-likeness (QED) is 0.751. The van der Waals surface area contributed by atoms with Crippen LogP contribution in [0.2, 0.25) is 0 Å². The van der Waals surface area contributed by atoms with Crippen molar-refractivity contribution in [2.24, 2.45) is 0 Å². The number of aromatic nitrogens is 1. The minimum atomic E-state index is 0.774. The Morgan fingerprint density at radius 1 is 1.14 bits per heavy atom. The number of nitrogens with one attached hydrogen (secondary N) is 1. The first-order valence-electron chi connectivity index (χ1n) is 7.55. The zero-order chi connectivity index (χ0) is 15.1. The zero-order valence-electron chi connectivity index (χ0n) is 13.1. The van der Waals surface area contributed by atoms with Gasteiger partial charge in [-0.3, -0.25) is 0 Å². The lowest BCUT2D eigenvalue weighted by atomic mass is 10.2. The predicted octanol–water partition coefficient (Wildman–Crippen LogP) is 3.76. The summed E-state index contributed by atoms with van der Waals surface area (Å²) in [4.78, 5) is 0. The fourth-order valence-corrected chi connectivity index (χ4v) is 2.12. The third kappa shape index (κ3) is 4.60. The van der Waals surface area contributed by atoms with Crippen LogP contribution in [0.5, 0.6) is 5.75 Å². The molecule has 1 aromatic carbocycles. The molecule has 0 unspecified atom stereocenters. The van der Waals surface area contributed by atoms with E-state index in [1.807, 2.05) is 26.0 Å². The van der Waals surface area contributed by atoms with Gasteiger partial charge in [0.05, 0.1) is 12.3 Å². The van der Waals surface area contributed by atoms with E-state index in [-0.39, 0.29) is 0 Å². The summed E-state index contributed by atoms with van der Waals surface area (Å²) < 4.78 is 10.8. The molecule has 4 heteroatoms. The number of aryl methyl sites for hydroxylation is 2. The molecule has 1 aromatic heterocycles. The molecule has 0 saturated carbocycles. The highest BCUT2D eigenvalue weighted by atomic mass is 16.5. The Morgan fingerprint density at radius 3 is 2.52 bits per heavy atom. The lowest BCUT2D eigenvalue weighted by Crippen LogP contribution is -2.13. The lowest BCUT2D eigenvalue weighted by molar-refractivity contribution is 0.309. The van der Waals surface area contributed by atoms with Gasteiger partial charge in [0.15, 0.2) is 0 Å². The van der Waals surface area contributed by atoms with Gasteiger partial charge < -0.3 is 14.6 Å². The Morgan fingerprint density at radius 2 is 1.90 bits per heavy atom. The van der Waals surface area contributed by atoms with Gasteiger partial charge in [0, 0.05) is 18.7 Å². The molecule has 0 radical (unpaired) electrons. The molecule has 21 heavy (non-hydrogen) atoms. The maximum absolute atomic E-state index is 5.66. The smallest absolute Gasteiger partial charge is 0.138 e. The van der Waals surface area contributed by atoms with Gasteiger partial charge in [-0.05, 0) is 38.0 Å². The highest BCUT2D eigenvalue weighted by molar-refractivity contribution is 5.27. The van der Waals surface area contributed by atoms with Crippen LogP contribution in [0.15, 0.2) is 28.8 Å². The first-order valence-corrected chi connectivity index (χ1v) is 7.55. The normalized spacial score (nSPS) is 10.8. The van der Waals surface area contributed by atoms with Crippen molar-refractivity contribution < 1.29 is 9.26 Å². The Bertz CT molecular complexity index is 527. The van der Waals surface area contributed by atoms with Crippen molar-refractivity contribution in [3.05, 3.63) is 46.8 Å². The first kappa shape index (κ1) is 15.6. The number of nitrogens with zero attached hydrogens (tertiary/aromatic N) is 1.